The average molecular weight is 254 g/mol. The predicted molar refractivity (Wildman–Crippen MR) is 71.6 cm³/mol. The minimum absolute atomic E-state index is 0.157. The van der Waals surface area contributed by atoms with Gasteiger partial charge in [-0.3, -0.25) is 0 Å². The Kier molecular flexibility index (Phi) is 4.15. The van der Waals surface area contributed by atoms with Gasteiger partial charge in [0.05, 0.1) is 0 Å². The second-order valence-corrected chi connectivity index (χ2v) is 6.53. The summed E-state index contributed by atoms with van der Waals surface area (Å²) >= 11 is 0. The zero-order valence-electron chi connectivity index (χ0n) is 11.9. The summed E-state index contributed by atoms with van der Waals surface area (Å²) < 4.78 is 5.47. The largest absolute Gasteiger partial charge is 0.444 e. The number of amides is 1. The molecule has 0 unspecified atom stereocenters. The van der Waals surface area contributed by atoms with Gasteiger partial charge in [0.15, 0.2) is 0 Å². The molecule has 2 atom stereocenters. The molecule has 1 heterocycles. The molecule has 0 spiro atoms. The number of hydrogen-bond donors (Lipinski definition) is 1. The molecule has 18 heavy (non-hydrogen) atoms. The lowest BCUT2D eigenvalue weighted by Crippen LogP contribution is -2.41. The molecule has 1 N–H and O–H groups in total. The van der Waals surface area contributed by atoms with Crippen LogP contribution in [0.25, 0.3) is 0 Å². The van der Waals surface area contributed by atoms with Crippen molar-refractivity contribution in [2.75, 3.05) is 19.6 Å². The quantitative estimate of drug-likeness (QED) is 0.721. The first kappa shape index (κ1) is 13.7. The summed E-state index contributed by atoms with van der Waals surface area (Å²) in [5.74, 6) is 0.605. The van der Waals surface area contributed by atoms with Gasteiger partial charge in [-0.2, -0.15) is 0 Å². The number of nitrogens with one attached hydrogen (secondary N) is 1. The van der Waals surface area contributed by atoms with Gasteiger partial charge >= 0.3 is 6.09 Å². The van der Waals surface area contributed by atoms with E-state index in [0.29, 0.717) is 12.0 Å². The van der Waals surface area contributed by atoms with Crippen LogP contribution in [0.4, 0.5) is 4.79 Å². The molecule has 4 nitrogen and oxygen atoms in total. The molecule has 1 saturated carbocycles. The van der Waals surface area contributed by atoms with Gasteiger partial charge in [-0.15, -0.1) is 0 Å². The van der Waals surface area contributed by atoms with Crippen LogP contribution in [-0.2, 0) is 4.74 Å². The van der Waals surface area contributed by atoms with E-state index in [9.17, 15) is 4.79 Å². The Morgan fingerprint density at radius 3 is 2.72 bits per heavy atom. The van der Waals surface area contributed by atoms with E-state index in [0.717, 1.165) is 19.6 Å². The van der Waals surface area contributed by atoms with Crippen molar-refractivity contribution in [2.45, 2.75) is 58.1 Å². The normalized spacial score (nSPS) is 29.4. The van der Waals surface area contributed by atoms with Crippen molar-refractivity contribution in [1.82, 2.24) is 10.2 Å². The first-order valence-corrected chi connectivity index (χ1v) is 7.17. The summed E-state index contributed by atoms with van der Waals surface area (Å²) in [5.41, 5.74) is -0.400. The van der Waals surface area contributed by atoms with Gasteiger partial charge in [0, 0.05) is 25.7 Å². The third-order valence-corrected chi connectivity index (χ3v) is 3.80. The lowest BCUT2D eigenvalue weighted by Gasteiger charge is -2.32. The molecule has 0 radical (unpaired) electrons. The van der Waals surface area contributed by atoms with Gasteiger partial charge in [-0.25, -0.2) is 4.79 Å². The molecule has 1 aliphatic carbocycles. The monoisotopic (exact) mass is 254 g/mol. The minimum Gasteiger partial charge on any atom is -0.444 e. The van der Waals surface area contributed by atoms with Crippen LogP contribution in [0, 0.1) is 5.92 Å². The third-order valence-electron chi connectivity index (χ3n) is 3.80. The zero-order chi connectivity index (χ0) is 13.2. The van der Waals surface area contributed by atoms with Crippen LogP contribution in [-0.4, -0.2) is 42.3 Å². The molecule has 4 heteroatoms. The maximum atomic E-state index is 12.1. The molecule has 1 amide bonds. The fourth-order valence-corrected chi connectivity index (χ4v) is 2.95. The van der Waals surface area contributed by atoms with Crippen molar-refractivity contribution in [3.63, 3.8) is 0 Å². The first-order chi connectivity index (χ1) is 8.46. The van der Waals surface area contributed by atoms with E-state index in [2.05, 4.69) is 5.32 Å². The van der Waals surface area contributed by atoms with Crippen molar-refractivity contribution in [3.8, 4) is 0 Å². The number of fused-ring (bicyclic) bond motifs is 1. The lowest BCUT2D eigenvalue weighted by molar-refractivity contribution is 0.0230. The molecule has 1 aliphatic heterocycles. The number of ether oxygens (including phenoxy) is 1. The highest BCUT2D eigenvalue weighted by molar-refractivity contribution is 5.68. The smallest absolute Gasteiger partial charge is 0.410 e. The van der Waals surface area contributed by atoms with Crippen molar-refractivity contribution in [1.29, 1.82) is 0 Å². The van der Waals surface area contributed by atoms with E-state index >= 15 is 0 Å². The van der Waals surface area contributed by atoms with E-state index in [1.54, 1.807) is 0 Å². The highest BCUT2D eigenvalue weighted by Crippen LogP contribution is 2.27. The Hall–Kier alpha value is -0.770. The summed E-state index contributed by atoms with van der Waals surface area (Å²) in [4.78, 5) is 14.0. The Morgan fingerprint density at radius 1 is 1.28 bits per heavy atom. The highest BCUT2D eigenvalue weighted by atomic mass is 16.6. The maximum absolute atomic E-state index is 12.1. The summed E-state index contributed by atoms with van der Waals surface area (Å²) in [7, 11) is 0. The lowest BCUT2D eigenvalue weighted by atomic mass is 9.84. The van der Waals surface area contributed by atoms with E-state index in [-0.39, 0.29) is 6.09 Å². The molecule has 0 bridgehead atoms. The summed E-state index contributed by atoms with van der Waals surface area (Å²) in [6, 6.07) is 0.603. The molecule has 2 rings (SSSR count). The van der Waals surface area contributed by atoms with Gasteiger partial charge in [-0.1, -0.05) is 12.8 Å². The van der Waals surface area contributed by atoms with Gasteiger partial charge in [0.2, 0.25) is 0 Å². The zero-order valence-corrected chi connectivity index (χ0v) is 11.9. The van der Waals surface area contributed by atoms with Crippen LogP contribution >= 0.6 is 0 Å². The first-order valence-electron chi connectivity index (χ1n) is 7.17. The van der Waals surface area contributed by atoms with Crippen molar-refractivity contribution in [2.24, 2.45) is 5.92 Å². The topological polar surface area (TPSA) is 41.6 Å². The van der Waals surface area contributed by atoms with Crippen LogP contribution in [0.2, 0.25) is 0 Å². The van der Waals surface area contributed by atoms with Crippen LogP contribution in [0.1, 0.15) is 46.5 Å². The van der Waals surface area contributed by atoms with Crippen molar-refractivity contribution < 1.29 is 9.53 Å². The van der Waals surface area contributed by atoms with Crippen molar-refractivity contribution >= 4 is 6.09 Å². The maximum Gasteiger partial charge on any atom is 0.410 e. The Morgan fingerprint density at radius 2 is 2.00 bits per heavy atom. The van der Waals surface area contributed by atoms with Crippen molar-refractivity contribution in [3.05, 3.63) is 0 Å². The van der Waals surface area contributed by atoms with Gasteiger partial charge in [-0.05, 0) is 39.5 Å². The SMILES string of the molecule is CC(C)(C)OC(=O)N1CCN[C@@H]2CCCC[C@@H]2C1. The standard InChI is InChI=1S/C14H26N2O2/c1-14(2,3)18-13(17)16-9-8-15-12-7-5-4-6-11(12)10-16/h11-12,15H,4-10H2,1-3H3/t11-,12-/m1/s1. The number of carbonyl (C=O) groups excluding carboxylic acids is 1. The molecule has 0 aromatic rings. The highest BCUT2D eigenvalue weighted by Gasteiger charge is 2.32. The molecule has 0 aromatic carbocycles. The summed E-state index contributed by atoms with van der Waals surface area (Å²) in [6.07, 6.45) is 4.95. The predicted octanol–water partition coefficient (Wildman–Crippen LogP) is 2.39. The second-order valence-electron chi connectivity index (χ2n) is 6.53. The Bertz CT molecular complexity index is 299. The molecule has 0 aromatic heterocycles. The molecular formula is C14H26N2O2. The van der Waals surface area contributed by atoms with E-state index < -0.39 is 5.60 Å². The molecular weight excluding hydrogens is 228 g/mol. The Labute approximate surface area is 110 Å². The van der Waals surface area contributed by atoms with Gasteiger partial charge in [0.25, 0.3) is 0 Å². The van der Waals surface area contributed by atoms with Gasteiger partial charge < -0.3 is 15.0 Å². The minimum atomic E-state index is -0.400. The number of rotatable bonds is 0. The van der Waals surface area contributed by atoms with E-state index in [1.807, 2.05) is 25.7 Å². The summed E-state index contributed by atoms with van der Waals surface area (Å²) in [6.45, 7) is 8.27. The second kappa shape index (κ2) is 5.47. The molecule has 1 saturated heterocycles. The number of nitrogens with zero attached hydrogens (tertiary/aromatic N) is 1. The fourth-order valence-electron chi connectivity index (χ4n) is 2.95. The summed E-state index contributed by atoms with van der Waals surface area (Å²) in [5, 5.41) is 3.58. The number of carbonyl (C=O) groups is 1. The van der Waals surface area contributed by atoms with E-state index in [1.165, 1.54) is 25.7 Å². The molecule has 2 aliphatic rings. The average Bonchev–Trinajstić information content (AvgIpc) is 2.48. The molecule has 104 valence electrons. The third kappa shape index (κ3) is 3.61. The van der Waals surface area contributed by atoms with Crippen LogP contribution in [0.5, 0.6) is 0 Å². The van der Waals surface area contributed by atoms with E-state index in [4.69, 9.17) is 4.74 Å². The number of hydrogen-bond acceptors (Lipinski definition) is 3. The van der Waals surface area contributed by atoms with Crippen LogP contribution in [0.15, 0.2) is 0 Å². The van der Waals surface area contributed by atoms with Crippen LogP contribution < -0.4 is 5.32 Å². The van der Waals surface area contributed by atoms with Crippen LogP contribution in [0.3, 0.4) is 0 Å². The molecule has 2 fully saturated rings. The Balaban J connectivity index is 1.95. The fraction of sp³-hybridized carbons (Fsp3) is 0.929. The van der Waals surface area contributed by atoms with Gasteiger partial charge in [0.1, 0.15) is 5.60 Å².